The number of aryl methyl sites for hydroxylation is 1. The number of anilines is 1. The standard InChI is InChI=1S/C14H14BrN5O4/c1-7-18-12(24-19-7)10-3-2-8(4-11(10)15)20-6-9(23-14(20)22)5-17-13(16)21/h2-4,9H,5-6H2,1H3,(H3,16,17,21). The minimum absolute atomic E-state index is 0.165. The summed E-state index contributed by atoms with van der Waals surface area (Å²) >= 11 is 3.44. The van der Waals surface area contributed by atoms with Gasteiger partial charge < -0.3 is 20.3 Å². The molecular weight excluding hydrogens is 382 g/mol. The Morgan fingerprint density at radius 1 is 1.54 bits per heavy atom. The molecule has 0 aliphatic carbocycles. The molecule has 24 heavy (non-hydrogen) atoms. The highest BCUT2D eigenvalue weighted by atomic mass is 79.9. The Morgan fingerprint density at radius 3 is 2.96 bits per heavy atom. The van der Waals surface area contributed by atoms with Gasteiger partial charge in [-0.1, -0.05) is 5.16 Å². The van der Waals surface area contributed by atoms with Crippen molar-refractivity contribution in [2.45, 2.75) is 13.0 Å². The van der Waals surface area contributed by atoms with E-state index in [9.17, 15) is 9.59 Å². The number of hydrogen-bond acceptors (Lipinski definition) is 6. The van der Waals surface area contributed by atoms with Gasteiger partial charge in [0.05, 0.1) is 18.7 Å². The van der Waals surface area contributed by atoms with Gasteiger partial charge in [-0.2, -0.15) is 4.98 Å². The van der Waals surface area contributed by atoms with Crippen molar-refractivity contribution in [2.75, 3.05) is 18.0 Å². The van der Waals surface area contributed by atoms with Crippen molar-refractivity contribution in [2.24, 2.45) is 5.73 Å². The number of nitrogens with two attached hydrogens (primary N) is 1. The normalized spacial score (nSPS) is 17.0. The van der Waals surface area contributed by atoms with Crippen LogP contribution in [-0.4, -0.2) is 41.5 Å². The van der Waals surface area contributed by atoms with Crippen molar-refractivity contribution < 1.29 is 18.8 Å². The molecular formula is C14H14BrN5O4. The lowest BCUT2D eigenvalue weighted by atomic mass is 10.2. The fraction of sp³-hybridized carbons (Fsp3) is 0.286. The van der Waals surface area contributed by atoms with Gasteiger partial charge in [0, 0.05) is 10.2 Å². The number of nitrogens with one attached hydrogen (secondary N) is 1. The van der Waals surface area contributed by atoms with Gasteiger partial charge >= 0.3 is 12.1 Å². The maximum absolute atomic E-state index is 12.0. The Kier molecular flexibility index (Phi) is 4.38. The van der Waals surface area contributed by atoms with E-state index in [1.807, 2.05) is 0 Å². The van der Waals surface area contributed by atoms with Crippen molar-refractivity contribution in [3.05, 3.63) is 28.5 Å². The van der Waals surface area contributed by atoms with Crippen LogP contribution in [0.2, 0.25) is 0 Å². The van der Waals surface area contributed by atoms with Crippen LogP contribution in [0, 0.1) is 6.92 Å². The summed E-state index contributed by atoms with van der Waals surface area (Å²) in [6.45, 7) is 2.21. The van der Waals surface area contributed by atoms with Gasteiger partial charge in [0.2, 0.25) is 0 Å². The summed E-state index contributed by atoms with van der Waals surface area (Å²) in [5.74, 6) is 0.923. The van der Waals surface area contributed by atoms with E-state index in [4.69, 9.17) is 15.0 Å². The summed E-state index contributed by atoms with van der Waals surface area (Å²) in [5, 5.41) is 6.18. The lowest BCUT2D eigenvalue weighted by Gasteiger charge is -2.14. The van der Waals surface area contributed by atoms with Crippen molar-refractivity contribution in [1.82, 2.24) is 15.5 Å². The summed E-state index contributed by atoms with van der Waals surface area (Å²) in [6, 6.07) is 4.63. The van der Waals surface area contributed by atoms with E-state index in [0.29, 0.717) is 28.4 Å². The number of cyclic esters (lactones) is 1. The van der Waals surface area contributed by atoms with Crippen LogP contribution in [0.3, 0.4) is 0 Å². The minimum Gasteiger partial charge on any atom is -0.442 e. The number of aromatic nitrogens is 2. The van der Waals surface area contributed by atoms with Crippen LogP contribution in [0.15, 0.2) is 27.2 Å². The number of carbonyl (C=O) groups excluding carboxylic acids is 2. The molecule has 10 heteroatoms. The van der Waals surface area contributed by atoms with Crippen LogP contribution in [0.25, 0.3) is 11.5 Å². The lowest BCUT2D eigenvalue weighted by Crippen LogP contribution is -2.37. The van der Waals surface area contributed by atoms with Crippen LogP contribution in [0.1, 0.15) is 5.82 Å². The van der Waals surface area contributed by atoms with Crippen molar-refractivity contribution in [3.63, 3.8) is 0 Å². The number of amides is 3. The van der Waals surface area contributed by atoms with Crippen molar-refractivity contribution >= 4 is 33.7 Å². The first-order valence-corrected chi connectivity index (χ1v) is 7.85. The van der Waals surface area contributed by atoms with Crippen molar-refractivity contribution in [3.8, 4) is 11.5 Å². The average Bonchev–Trinajstić information content (AvgIpc) is 3.11. The Morgan fingerprint density at radius 2 is 2.33 bits per heavy atom. The molecule has 3 amide bonds. The van der Waals surface area contributed by atoms with Gasteiger partial charge in [-0.05, 0) is 41.1 Å². The Hall–Kier alpha value is -2.62. The number of halogens is 1. The average molecular weight is 396 g/mol. The smallest absolute Gasteiger partial charge is 0.414 e. The van der Waals surface area contributed by atoms with Gasteiger partial charge in [0.15, 0.2) is 5.82 Å². The van der Waals surface area contributed by atoms with Gasteiger partial charge in [0.1, 0.15) is 6.10 Å². The van der Waals surface area contributed by atoms with Gasteiger partial charge in [0.25, 0.3) is 5.89 Å². The fourth-order valence-electron chi connectivity index (χ4n) is 2.30. The third-order valence-electron chi connectivity index (χ3n) is 3.40. The molecule has 2 heterocycles. The molecule has 1 aromatic heterocycles. The van der Waals surface area contributed by atoms with E-state index in [-0.39, 0.29) is 6.54 Å². The fourth-order valence-corrected chi connectivity index (χ4v) is 2.84. The van der Waals surface area contributed by atoms with E-state index in [2.05, 4.69) is 31.4 Å². The zero-order valence-corrected chi connectivity index (χ0v) is 14.2. The first-order chi connectivity index (χ1) is 11.4. The van der Waals surface area contributed by atoms with Gasteiger partial charge in [-0.15, -0.1) is 0 Å². The number of urea groups is 1. The van der Waals surface area contributed by atoms with Crippen molar-refractivity contribution in [1.29, 1.82) is 0 Å². The summed E-state index contributed by atoms with van der Waals surface area (Å²) in [4.78, 5) is 28.4. The molecule has 1 aliphatic rings. The third-order valence-corrected chi connectivity index (χ3v) is 4.06. The molecule has 0 radical (unpaired) electrons. The lowest BCUT2D eigenvalue weighted by molar-refractivity contribution is 0.141. The highest BCUT2D eigenvalue weighted by Crippen LogP contribution is 2.32. The molecule has 1 atom stereocenters. The number of primary amides is 1. The molecule has 3 rings (SSSR count). The molecule has 1 unspecified atom stereocenters. The second-order valence-corrected chi connectivity index (χ2v) is 6.03. The molecule has 0 saturated carbocycles. The molecule has 2 aromatic rings. The summed E-state index contributed by atoms with van der Waals surface area (Å²) in [6.07, 6.45) is -0.943. The van der Waals surface area contributed by atoms with E-state index in [1.54, 1.807) is 25.1 Å². The third kappa shape index (κ3) is 3.32. The molecule has 0 bridgehead atoms. The Balaban J connectivity index is 1.77. The van der Waals surface area contributed by atoms with Gasteiger partial charge in [-0.25, -0.2) is 9.59 Å². The maximum Gasteiger partial charge on any atom is 0.414 e. The Labute approximate surface area is 145 Å². The zero-order valence-electron chi connectivity index (χ0n) is 12.7. The Bertz CT molecular complexity index is 793. The number of carbonyl (C=O) groups is 2. The van der Waals surface area contributed by atoms with E-state index in [0.717, 1.165) is 5.56 Å². The van der Waals surface area contributed by atoms with Gasteiger partial charge in [-0.3, -0.25) is 4.90 Å². The largest absolute Gasteiger partial charge is 0.442 e. The summed E-state index contributed by atoms with van der Waals surface area (Å²) < 4.78 is 11.0. The topological polar surface area (TPSA) is 124 Å². The number of rotatable bonds is 4. The van der Waals surface area contributed by atoms with Crippen LogP contribution in [-0.2, 0) is 4.74 Å². The number of hydrogen-bond donors (Lipinski definition) is 2. The van der Waals surface area contributed by atoms with Crippen LogP contribution < -0.4 is 16.0 Å². The molecule has 9 nitrogen and oxygen atoms in total. The molecule has 1 aliphatic heterocycles. The first-order valence-electron chi connectivity index (χ1n) is 7.05. The maximum atomic E-state index is 12.0. The highest BCUT2D eigenvalue weighted by Gasteiger charge is 2.32. The molecule has 126 valence electrons. The SMILES string of the molecule is Cc1noc(-c2ccc(N3CC(CNC(N)=O)OC3=O)cc2Br)n1. The minimum atomic E-state index is -0.661. The van der Waals surface area contributed by atoms with E-state index in [1.165, 1.54) is 4.90 Å². The predicted octanol–water partition coefficient (Wildman–Crippen LogP) is 1.80. The molecule has 3 N–H and O–H groups in total. The van der Waals surface area contributed by atoms with Crippen LogP contribution >= 0.6 is 15.9 Å². The van der Waals surface area contributed by atoms with Crippen LogP contribution in [0.5, 0.6) is 0 Å². The number of nitrogens with zero attached hydrogens (tertiary/aromatic N) is 3. The molecule has 1 fully saturated rings. The second-order valence-electron chi connectivity index (χ2n) is 5.17. The number of benzene rings is 1. The highest BCUT2D eigenvalue weighted by molar-refractivity contribution is 9.10. The first kappa shape index (κ1) is 16.2. The van der Waals surface area contributed by atoms with E-state index >= 15 is 0 Å². The van der Waals surface area contributed by atoms with E-state index < -0.39 is 18.2 Å². The van der Waals surface area contributed by atoms with Crippen LogP contribution in [0.4, 0.5) is 15.3 Å². The molecule has 0 spiro atoms. The zero-order chi connectivity index (χ0) is 17.3. The molecule has 1 aromatic carbocycles. The summed E-state index contributed by atoms with van der Waals surface area (Å²) in [7, 11) is 0. The number of ether oxygens (including phenoxy) is 1. The predicted molar refractivity (Wildman–Crippen MR) is 87.4 cm³/mol. The summed E-state index contributed by atoms with van der Waals surface area (Å²) in [5.41, 5.74) is 6.38. The second kappa shape index (κ2) is 6.48. The molecule has 1 saturated heterocycles. The quantitative estimate of drug-likeness (QED) is 0.812. The monoisotopic (exact) mass is 395 g/mol.